The van der Waals surface area contributed by atoms with Gasteiger partial charge in [0.25, 0.3) is 0 Å². The van der Waals surface area contributed by atoms with Crippen molar-refractivity contribution in [2.75, 3.05) is 11.9 Å². The molecule has 2 aromatic rings. The number of hydrogen-bond donors (Lipinski definition) is 2. The summed E-state index contributed by atoms with van der Waals surface area (Å²) < 4.78 is 13.4. The predicted octanol–water partition coefficient (Wildman–Crippen LogP) is 3.24. The van der Waals surface area contributed by atoms with Gasteiger partial charge < -0.3 is 10.4 Å². The number of halogens is 1. The molecule has 0 fully saturated rings. The Balaban J connectivity index is 2.05. The Hall–Kier alpha value is -1.88. The average molecular weight is 265 g/mol. The Labute approximate surface area is 108 Å². The van der Waals surface area contributed by atoms with Crippen molar-refractivity contribution < 1.29 is 14.3 Å². The average Bonchev–Trinajstić information content (AvgIpc) is 2.81. The third-order valence-electron chi connectivity index (χ3n) is 2.54. The van der Waals surface area contributed by atoms with Crippen LogP contribution in [-0.2, 0) is 6.42 Å². The second kappa shape index (κ2) is 5.64. The summed E-state index contributed by atoms with van der Waals surface area (Å²) in [5.41, 5.74) is 1.20. The SMILES string of the molecule is O=C(O)c1c(F)cccc1NCCc1ccsc1. The molecular weight excluding hydrogens is 253 g/mol. The number of carboxylic acids is 1. The topological polar surface area (TPSA) is 49.3 Å². The van der Waals surface area contributed by atoms with Gasteiger partial charge >= 0.3 is 5.97 Å². The largest absolute Gasteiger partial charge is 0.478 e. The van der Waals surface area contributed by atoms with Crippen molar-refractivity contribution >= 4 is 23.0 Å². The van der Waals surface area contributed by atoms with Crippen LogP contribution in [0.15, 0.2) is 35.0 Å². The molecule has 0 saturated carbocycles. The van der Waals surface area contributed by atoms with Crippen molar-refractivity contribution in [2.45, 2.75) is 6.42 Å². The minimum atomic E-state index is -1.26. The molecule has 18 heavy (non-hydrogen) atoms. The fourth-order valence-electron chi connectivity index (χ4n) is 1.67. The zero-order chi connectivity index (χ0) is 13.0. The molecule has 0 saturated heterocycles. The highest BCUT2D eigenvalue weighted by molar-refractivity contribution is 7.07. The highest BCUT2D eigenvalue weighted by atomic mass is 32.1. The lowest BCUT2D eigenvalue weighted by molar-refractivity contribution is 0.0693. The van der Waals surface area contributed by atoms with Crippen molar-refractivity contribution in [1.29, 1.82) is 0 Å². The number of carboxylic acid groups (broad SMARTS) is 1. The normalized spacial score (nSPS) is 10.3. The van der Waals surface area contributed by atoms with Gasteiger partial charge in [-0.2, -0.15) is 11.3 Å². The van der Waals surface area contributed by atoms with Crippen molar-refractivity contribution in [3.05, 3.63) is 52.0 Å². The summed E-state index contributed by atoms with van der Waals surface area (Å²) in [5.74, 6) is -1.98. The van der Waals surface area contributed by atoms with Gasteiger partial charge in [0, 0.05) is 6.54 Å². The fraction of sp³-hybridized carbons (Fsp3) is 0.154. The molecular formula is C13H12FNO2S. The first-order chi connectivity index (χ1) is 8.68. The number of benzene rings is 1. The van der Waals surface area contributed by atoms with Crippen molar-refractivity contribution in [2.24, 2.45) is 0 Å². The molecule has 0 aliphatic rings. The van der Waals surface area contributed by atoms with E-state index in [2.05, 4.69) is 5.32 Å². The maximum absolute atomic E-state index is 13.4. The van der Waals surface area contributed by atoms with Gasteiger partial charge in [-0.15, -0.1) is 0 Å². The Kier molecular flexibility index (Phi) is 3.94. The fourth-order valence-corrected chi connectivity index (χ4v) is 2.37. The maximum Gasteiger partial charge on any atom is 0.340 e. The number of rotatable bonds is 5. The molecule has 2 N–H and O–H groups in total. The van der Waals surface area contributed by atoms with Crippen LogP contribution in [0.3, 0.4) is 0 Å². The second-order valence-corrected chi connectivity index (χ2v) is 4.56. The van der Waals surface area contributed by atoms with E-state index >= 15 is 0 Å². The van der Waals surface area contributed by atoms with Gasteiger partial charge in [0.05, 0.1) is 5.69 Å². The highest BCUT2D eigenvalue weighted by Gasteiger charge is 2.14. The van der Waals surface area contributed by atoms with Crippen molar-refractivity contribution in [1.82, 2.24) is 0 Å². The number of aromatic carboxylic acids is 1. The second-order valence-electron chi connectivity index (χ2n) is 3.78. The maximum atomic E-state index is 13.4. The van der Waals surface area contributed by atoms with Gasteiger partial charge in [-0.25, -0.2) is 9.18 Å². The van der Waals surface area contributed by atoms with E-state index in [0.29, 0.717) is 12.2 Å². The predicted molar refractivity (Wildman–Crippen MR) is 69.9 cm³/mol. The van der Waals surface area contributed by atoms with Gasteiger partial charge in [0.2, 0.25) is 0 Å². The first-order valence-electron chi connectivity index (χ1n) is 5.45. The molecule has 0 radical (unpaired) electrons. The smallest absolute Gasteiger partial charge is 0.340 e. The van der Waals surface area contributed by atoms with Crippen molar-refractivity contribution in [3.8, 4) is 0 Å². The van der Waals surface area contributed by atoms with Crippen LogP contribution < -0.4 is 5.32 Å². The molecule has 1 heterocycles. The lowest BCUT2D eigenvalue weighted by Gasteiger charge is -2.09. The lowest BCUT2D eigenvalue weighted by atomic mass is 10.1. The van der Waals surface area contributed by atoms with Crippen LogP contribution >= 0.6 is 11.3 Å². The van der Waals surface area contributed by atoms with E-state index in [4.69, 9.17) is 5.11 Å². The molecule has 2 rings (SSSR count). The van der Waals surface area contributed by atoms with Crippen LogP contribution in [0.1, 0.15) is 15.9 Å². The number of hydrogen-bond acceptors (Lipinski definition) is 3. The summed E-state index contributed by atoms with van der Waals surface area (Å²) in [6, 6.07) is 6.22. The first-order valence-corrected chi connectivity index (χ1v) is 6.39. The van der Waals surface area contributed by atoms with Crippen LogP contribution in [0.25, 0.3) is 0 Å². The molecule has 0 spiro atoms. The molecule has 0 atom stereocenters. The van der Waals surface area contributed by atoms with Gasteiger partial charge in [-0.1, -0.05) is 6.07 Å². The summed E-state index contributed by atoms with van der Waals surface area (Å²) in [7, 11) is 0. The van der Waals surface area contributed by atoms with Crippen LogP contribution in [-0.4, -0.2) is 17.6 Å². The third-order valence-corrected chi connectivity index (χ3v) is 3.27. The van der Waals surface area contributed by atoms with E-state index < -0.39 is 11.8 Å². The summed E-state index contributed by atoms with van der Waals surface area (Å²) in [5, 5.41) is 15.9. The molecule has 0 unspecified atom stereocenters. The van der Waals surface area contributed by atoms with E-state index in [-0.39, 0.29) is 5.56 Å². The minimum absolute atomic E-state index is 0.303. The first kappa shape index (κ1) is 12.6. The van der Waals surface area contributed by atoms with Crippen molar-refractivity contribution in [3.63, 3.8) is 0 Å². The van der Waals surface area contributed by atoms with Gasteiger partial charge in [-0.3, -0.25) is 0 Å². The number of carbonyl (C=O) groups is 1. The standard InChI is InChI=1S/C13H12FNO2S/c14-10-2-1-3-11(12(10)13(16)17)15-6-4-9-5-7-18-8-9/h1-3,5,7-8,15H,4,6H2,(H,16,17). The molecule has 0 amide bonds. The van der Waals surface area contributed by atoms with E-state index in [9.17, 15) is 9.18 Å². The third kappa shape index (κ3) is 2.87. The molecule has 5 heteroatoms. The zero-order valence-corrected chi connectivity index (χ0v) is 10.3. The Bertz CT molecular complexity index is 540. The lowest BCUT2D eigenvalue weighted by Crippen LogP contribution is -2.10. The summed E-state index contributed by atoms with van der Waals surface area (Å²) in [6.45, 7) is 0.570. The van der Waals surface area contributed by atoms with E-state index in [1.807, 2.05) is 16.8 Å². The molecule has 1 aromatic carbocycles. The van der Waals surface area contributed by atoms with E-state index in [1.165, 1.54) is 11.6 Å². The summed E-state index contributed by atoms with van der Waals surface area (Å²) in [4.78, 5) is 11.0. The van der Waals surface area contributed by atoms with Gasteiger partial charge in [-0.05, 0) is 40.9 Å². The Morgan fingerprint density at radius 2 is 2.22 bits per heavy atom. The van der Waals surface area contributed by atoms with Crippen LogP contribution in [0.4, 0.5) is 10.1 Å². The van der Waals surface area contributed by atoms with Gasteiger partial charge in [0.15, 0.2) is 0 Å². The Morgan fingerprint density at radius 3 is 2.89 bits per heavy atom. The molecule has 0 aliphatic carbocycles. The van der Waals surface area contributed by atoms with E-state index in [0.717, 1.165) is 12.5 Å². The summed E-state index contributed by atoms with van der Waals surface area (Å²) in [6.07, 6.45) is 0.777. The molecule has 1 aromatic heterocycles. The highest BCUT2D eigenvalue weighted by Crippen LogP contribution is 2.19. The monoisotopic (exact) mass is 265 g/mol. The Morgan fingerprint density at radius 1 is 1.39 bits per heavy atom. The van der Waals surface area contributed by atoms with Gasteiger partial charge in [0.1, 0.15) is 11.4 Å². The number of thiophene rings is 1. The van der Waals surface area contributed by atoms with Crippen LogP contribution in [0.5, 0.6) is 0 Å². The molecule has 3 nitrogen and oxygen atoms in total. The summed E-state index contributed by atoms with van der Waals surface area (Å²) >= 11 is 1.61. The quantitative estimate of drug-likeness (QED) is 0.872. The molecule has 94 valence electrons. The number of nitrogens with one attached hydrogen (secondary N) is 1. The zero-order valence-electron chi connectivity index (χ0n) is 9.52. The van der Waals surface area contributed by atoms with Crippen LogP contribution in [0, 0.1) is 5.82 Å². The molecule has 0 aliphatic heterocycles. The van der Waals surface area contributed by atoms with Crippen LogP contribution in [0.2, 0.25) is 0 Å². The number of anilines is 1. The molecule has 0 bridgehead atoms. The van der Waals surface area contributed by atoms with E-state index in [1.54, 1.807) is 17.4 Å². The minimum Gasteiger partial charge on any atom is -0.478 e.